The van der Waals surface area contributed by atoms with Crippen molar-refractivity contribution in [3.8, 4) is 0 Å². The number of anilines is 1. The second kappa shape index (κ2) is 10.5. The first-order valence-corrected chi connectivity index (χ1v) is 9.90. The van der Waals surface area contributed by atoms with Crippen LogP contribution in [-0.2, 0) is 0 Å². The van der Waals surface area contributed by atoms with Gasteiger partial charge < -0.3 is 15.1 Å². The summed E-state index contributed by atoms with van der Waals surface area (Å²) in [5.74, 6) is 0.197. The van der Waals surface area contributed by atoms with Crippen molar-refractivity contribution in [1.82, 2.24) is 15.1 Å². The van der Waals surface area contributed by atoms with E-state index >= 15 is 0 Å². The van der Waals surface area contributed by atoms with Crippen LogP contribution in [0.15, 0.2) is 24.3 Å². The maximum absolute atomic E-state index is 12.8. The summed E-state index contributed by atoms with van der Waals surface area (Å²) < 4.78 is 0. The van der Waals surface area contributed by atoms with Crippen LogP contribution in [0.3, 0.4) is 0 Å². The van der Waals surface area contributed by atoms with Gasteiger partial charge in [0, 0.05) is 69.7 Å². The second-order valence-corrected chi connectivity index (χ2v) is 7.57. The Morgan fingerprint density at radius 3 is 2.22 bits per heavy atom. The summed E-state index contributed by atoms with van der Waals surface area (Å²) in [7, 11) is 0. The van der Waals surface area contributed by atoms with Crippen molar-refractivity contribution in [2.75, 3.05) is 57.3 Å². The number of carbonyl (C=O) groups excluding carboxylic acids is 1. The molecular weight excluding hydrogens is 383 g/mol. The fourth-order valence-corrected chi connectivity index (χ4v) is 4.42. The molecule has 0 spiro atoms. The molecule has 0 aliphatic carbocycles. The minimum Gasteiger partial charge on any atom is -0.372 e. The Labute approximate surface area is 175 Å². The monoisotopic (exact) mass is 414 g/mol. The van der Waals surface area contributed by atoms with Gasteiger partial charge in [-0.1, -0.05) is 0 Å². The number of nitrogens with zero attached hydrogens (tertiary/aromatic N) is 3. The van der Waals surface area contributed by atoms with E-state index in [1.807, 2.05) is 17.0 Å². The molecule has 0 bridgehead atoms. The van der Waals surface area contributed by atoms with E-state index in [9.17, 15) is 4.79 Å². The molecule has 0 aromatic heterocycles. The predicted octanol–water partition coefficient (Wildman–Crippen LogP) is 2.64. The first kappa shape index (κ1) is 22.3. The molecule has 3 heterocycles. The molecular formula is C20H32Cl2N4O. The third kappa shape index (κ3) is 5.29. The number of hydrogen-bond acceptors (Lipinski definition) is 4. The average molecular weight is 415 g/mol. The fourth-order valence-electron chi connectivity index (χ4n) is 4.42. The Bertz CT molecular complexity index is 586. The molecule has 1 unspecified atom stereocenters. The minimum atomic E-state index is 0. The molecule has 1 N–H and O–H groups in total. The van der Waals surface area contributed by atoms with Gasteiger partial charge in [-0.15, -0.1) is 24.8 Å². The number of rotatable bonds is 3. The van der Waals surface area contributed by atoms with E-state index in [2.05, 4.69) is 27.2 Å². The second-order valence-electron chi connectivity index (χ2n) is 7.57. The number of likely N-dealkylation sites (tertiary alicyclic amines) is 1. The molecule has 27 heavy (non-hydrogen) atoms. The van der Waals surface area contributed by atoms with Gasteiger partial charge in [-0.25, -0.2) is 0 Å². The van der Waals surface area contributed by atoms with E-state index in [4.69, 9.17) is 0 Å². The fraction of sp³-hybridized carbons (Fsp3) is 0.650. The predicted molar refractivity (Wildman–Crippen MR) is 116 cm³/mol. The van der Waals surface area contributed by atoms with Crippen LogP contribution in [0.2, 0.25) is 0 Å². The van der Waals surface area contributed by atoms with Gasteiger partial charge in [0.25, 0.3) is 5.91 Å². The third-order valence-corrected chi connectivity index (χ3v) is 5.95. The molecule has 1 aromatic rings. The van der Waals surface area contributed by atoms with Crippen LogP contribution >= 0.6 is 24.8 Å². The van der Waals surface area contributed by atoms with Gasteiger partial charge in [-0.3, -0.25) is 9.69 Å². The van der Waals surface area contributed by atoms with Crippen molar-refractivity contribution in [3.63, 3.8) is 0 Å². The number of benzene rings is 1. The number of piperazine rings is 1. The van der Waals surface area contributed by atoms with E-state index in [0.717, 1.165) is 64.3 Å². The van der Waals surface area contributed by atoms with Crippen LogP contribution in [0.25, 0.3) is 0 Å². The average Bonchev–Trinajstić information content (AvgIpc) is 3.19. The number of nitrogens with one attached hydrogen (secondary N) is 1. The van der Waals surface area contributed by atoms with E-state index < -0.39 is 0 Å². The van der Waals surface area contributed by atoms with Gasteiger partial charge >= 0.3 is 0 Å². The van der Waals surface area contributed by atoms with Gasteiger partial charge in [0.2, 0.25) is 0 Å². The SMILES string of the molecule is Cl.Cl.O=C(c1ccc(N2CCCCC2)cc1)N1CCC(N2CCNCC2)C1. The van der Waals surface area contributed by atoms with Crippen LogP contribution < -0.4 is 10.2 Å². The van der Waals surface area contributed by atoms with Crippen molar-refractivity contribution in [1.29, 1.82) is 0 Å². The molecule has 3 aliphatic heterocycles. The van der Waals surface area contributed by atoms with Crippen LogP contribution in [-0.4, -0.2) is 74.1 Å². The van der Waals surface area contributed by atoms with Crippen LogP contribution in [0.5, 0.6) is 0 Å². The summed E-state index contributed by atoms with van der Waals surface area (Å²) in [4.78, 5) is 19.9. The molecule has 5 nitrogen and oxygen atoms in total. The normalized spacial score (nSPS) is 23.5. The number of hydrogen-bond donors (Lipinski definition) is 1. The Kier molecular flexibility index (Phi) is 8.67. The largest absolute Gasteiger partial charge is 0.372 e. The summed E-state index contributed by atoms with van der Waals surface area (Å²) in [5, 5.41) is 3.40. The molecule has 3 aliphatic rings. The summed E-state index contributed by atoms with van der Waals surface area (Å²) in [6.45, 7) is 8.42. The lowest BCUT2D eigenvalue weighted by Gasteiger charge is -2.32. The van der Waals surface area contributed by atoms with E-state index in [1.165, 1.54) is 24.9 Å². The Hall–Kier alpha value is -1.01. The molecule has 1 atom stereocenters. The molecule has 4 rings (SSSR count). The lowest BCUT2D eigenvalue weighted by molar-refractivity contribution is 0.0773. The number of carbonyl (C=O) groups is 1. The maximum atomic E-state index is 12.8. The van der Waals surface area contributed by atoms with Gasteiger partial charge in [-0.05, 0) is 49.9 Å². The summed E-state index contributed by atoms with van der Waals surface area (Å²) in [6.07, 6.45) is 5.01. The molecule has 1 amide bonds. The molecule has 0 saturated carbocycles. The van der Waals surface area contributed by atoms with Crippen molar-refractivity contribution >= 4 is 36.4 Å². The first-order chi connectivity index (χ1) is 12.3. The van der Waals surface area contributed by atoms with E-state index in [0.29, 0.717) is 6.04 Å². The number of piperidine rings is 1. The van der Waals surface area contributed by atoms with Gasteiger partial charge in [0.1, 0.15) is 0 Å². The van der Waals surface area contributed by atoms with Gasteiger partial charge in [0.15, 0.2) is 0 Å². The van der Waals surface area contributed by atoms with Crippen molar-refractivity contribution < 1.29 is 4.79 Å². The lowest BCUT2D eigenvalue weighted by atomic mass is 10.1. The third-order valence-electron chi connectivity index (χ3n) is 5.95. The highest BCUT2D eigenvalue weighted by Crippen LogP contribution is 2.22. The molecule has 0 radical (unpaired) electrons. The van der Waals surface area contributed by atoms with Crippen molar-refractivity contribution in [2.45, 2.75) is 31.7 Å². The minimum absolute atomic E-state index is 0. The highest BCUT2D eigenvalue weighted by Gasteiger charge is 2.31. The molecule has 1 aromatic carbocycles. The zero-order valence-electron chi connectivity index (χ0n) is 15.9. The molecule has 3 fully saturated rings. The van der Waals surface area contributed by atoms with Gasteiger partial charge in [0.05, 0.1) is 0 Å². The quantitative estimate of drug-likeness (QED) is 0.824. The topological polar surface area (TPSA) is 38.8 Å². The Morgan fingerprint density at radius 2 is 1.56 bits per heavy atom. The summed E-state index contributed by atoms with van der Waals surface area (Å²) in [5.41, 5.74) is 2.10. The highest BCUT2D eigenvalue weighted by atomic mass is 35.5. The van der Waals surface area contributed by atoms with E-state index in [1.54, 1.807) is 0 Å². The van der Waals surface area contributed by atoms with Crippen molar-refractivity contribution in [3.05, 3.63) is 29.8 Å². The van der Waals surface area contributed by atoms with Crippen molar-refractivity contribution in [2.24, 2.45) is 0 Å². The lowest BCUT2D eigenvalue weighted by Crippen LogP contribution is -2.49. The molecule has 152 valence electrons. The summed E-state index contributed by atoms with van der Waals surface area (Å²) >= 11 is 0. The van der Waals surface area contributed by atoms with Crippen LogP contribution in [0.4, 0.5) is 5.69 Å². The highest BCUT2D eigenvalue weighted by molar-refractivity contribution is 5.94. The number of halogens is 2. The first-order valence-electron chi connectivity index (χ1n) is 9.90. The standard InChI is InChI=1S/C20H30N4O.2ClH/c25-20(24-13-8-19(16-24)23-14-9-21-10-15-23)17-4-6-18(7-5-17)22-11-2-1-3-12-22;;/h4-7,19,21H,1-3,8-16H2;2*1H. The zero-order valence-corrected chi connectivity index (χ0v) is 17.6. The molecule has 7 heteroatoms. The van der Waals surface area contributed by atoms with Crippen LogP contribution in [0, 0.1) is 0 Å². The Balaban J connectivity index is 0.00000131. The van der Waals surface area contributed by atoms with E-state index in [-0.39, 0.29) is 30.7 Å². The maximum Gasteiger partial charge on any atom is 0.253 e. The zero-order chi connectivity index (χ0) is 17.1. The van der Waals surface area contributed by atoms with Gasteiger partial charge in [-0.2, -0.15) is 0 Å². The Morgan fingerprint density at radius 1 is 0.889 bits per heavy atom. The summed E-state index contributed by atoms with van der Waals surface area (Å²) in [6, 6.07) is 8.83. The smallest absolute Gasteiger partial charge is 0.253 e. The number of amides is 1. The molecule has 3 saturated heterocycles. The van der Waals surface area contributed by atoms with Crippen LogP contribution in [0.1, 0.15) is 36.0 Å².